The molecular formula is CH3CdNO3. The van der Waals surface area contributed by atoms with E-state index < -0.39 is 6.16 Å². The van der Waals surface area contributed by atoms with Crippen molar-refractivity contribution in [2.24, 2.45) is 0 Å². The molecule has 0 aromatic carbocycles. The maximum Gasteiger partial charge on any atom is 2.00 e. The molecule has 0 bridgehead atoms. The first-order valence-corrected chi connectivity index (χ1v) is 0.612. The fourth-order valence-electron chi connectivity index (χ4n) is 0. The summed E-state index contributed by atoms with van der Waals surface area (Å²) in [6.07, 6.45) is -2.33. The summed E-state index contributed by atoms with van der Waals surface area (Å²) < 4.78 is 0. The molecule has 5 heteroatoms. The van der Waals surface area contributed by atoms with E-state index in [0.29, 0.717) is 0 Å². The molecule has 0 amide bonds. The quantitative estimate of drug-likeness (QED) is 0.434. The number of carbonyl (C=O) groups excluding carboxylic acids is 1. The summed E-state index contributed by atoms with van der Waals surface area (Å²) in [7, 11) is 0. The molecule has 0 fully saturated rings. The first-order chi connectivity index (χ1) is 1.73. The normalized spacial score (nSPS) is 4.00. The monoisotopic (exact) mass is 191 g/mol. The topological polar surface area (TPSA) is 98.2 Å². The summed E-state index contributed by atoms with van der Waals surface area (Å²) in [6.45, 7) is 0. The van der Waals surface area contributed by atoms with E-state index in [9.17, 15) is 0 Å². The Morgan fingerprint density at radius 2 is 1.33 bits per heavy atom. The third kappa shape index (κ3) is 1780. The Morgan fingerprint density at radius 3 is 1.33 bits per heavy atom. The molecule has 0 radical (unpaired) electrons. The smallest absolute Gasteiger partial charge is 0.652 e. The second kappa shape index (κ2) is 8.94. The molecular weight excluding hydrogens is 186 g/mol. The van der Waals surface area contributed by atoms with E-state index in [1.165, 1.54) is 0 Å². The summed E-state index contributed by atoms with van der Waals surface area (Å²) in [5.41, 5.74) is 0. The summed E-state index contributed by atoms with van der Waals surface area (Å²) in [5.74, 6) is 0. The largest absolute Gasteiger partial charge is 2.00 e. The molecule has 0 aromatic rings. The zero-order valence-electron chi connectivity index (χ0n) is 3.14. The van der Waals surface area contributed by atoms with Gasteiger partial charge in [-0.25, -0.2) is 0 Å². The molecule has 0 atom stereocenters. The number of carboxylic acid groups (broad SMARTS) is 2. The molecule has 0 spiro atoms. The summed E-state index contributed by atoms with van der Waals surface area (Å²) in [6, 6.07) is 0. The van der Waals surface area contributed by atoms with Gasteiger partial charge in [-0.2, -0.15) is 0 Å². The molecule has 0 aliphatic rings. The maximum atomic E-state index is 8.33. The Labute approximate surface area is 54.9 Å². The van der Waals surface area contributed by atoms with Gasteiger partial charge in [0, 0.05) is 0 Å². The second-order valence-electron chi connectivity index (χ2n) is 0.250. The SMILES string of the molecule is N.O=C([O-])[O-].[Cd+2]. The molecule has 0 aliphatic carbocycles. The van der Waals surface area contributed by atoms with Crippen LogP contribution in [0.3, 0.4) is 0 Å². The zero-order chi connectivity index (χ0) is 3.58. The van der Waals surface area contributed by atoms with Crippen molar-refractivity contribution in [3.63, 3.8) is 0 Å². The number of rotatable bonds is 0. The van der Waals surface area contributed by atoms with E-state index in [2.05, 4.69) is 0 Å². The Kier molecular flexibility index (Phi) is 24.5. The molecule has 0 saturated heterocycles. The van der Waals surface area contributed by atoms with Crippen LogP contribution in [0.15, 0.2) is 0 Å². The van der Waals surface area contributed by atoms with E-state index in [-0.39, 0.29) is 33.4 Å². The first kappa shape index (κ1) is 16.4. The number of carbonyl (C=O) groups is 1. The number of hydrogen-bond donors (Lipinski definition) is 1. The van der Waals surface area contributed by atoms with Crippen LogP contribution in [0.5, 0.6) is 0 Å². The van der Waals surface area contributed by atoms with Crippen molar-refractivity contribution >= 4 is 6.16 Å². The van der Waals surface area contributed by atoms with Gasteiger partial charge in [-0.3, -0.25) is 0 Å². The van der Waals surface area contributed by atoms with E-state index in [4.69, 9.17) is 15.0 Å². The third-order valence-electron chi connectivity index (χ3n) is 0. The second-order valence-corrected chi connectivity index (χ2v) is 0.250. The van der Waals surface area contributed by atoms with E-state index in [0.717, 1.165) is 0 Å². The van der Waals surface area contributed by atoms with Gasteiger partial charge in [0.05, 0.1) is 0 Å². The van der Waals surface area contributed by atoms with Crippen LogP contribution in [0, 0.1) is 0 Å². The third-order valence-corrected chi connectivity index (χ3v) is 0. The van der Waals surface area contributed by atoms with Gasteiger partial charge < -0.3 is 21.2 Å². The van der Waals surface area contributed by atoms with Crippen LogP contribution in [0.4, 0.5) is 4.79 Å². The minimum absolute atomic E-state index is 0. The van der Waals surface area contributed by atoms with E-state index >= 15 is 0 Å². The Hall–Kier alpha value is 0.152. The van der Waals surface area contributed by atoms with Gasteiger partial charge in [0.1, 0.15) is 0 Å². The van der Waals surface area contributed by atoms with Gasteiger partial charge in [-0.05, 0) is 6.16 Å². The van der Waals surface area contributed by atoms with Crippen molar-refractivity contribution in [2.75, 3.05) is 0 Å². The van der Waals surface area contributed by atoms with Crippen molar-refractivity contribution in [3.05, 3.63) is 0 Å². The molecule has 0 rings (SSSR count). The Bertz CT molecular complexity index is 33.8. The van der Waals surface area contributed by atoms with Crippen LogP contribution in [0.25, 0.3) is 0 Å². The van der Waals surface area contributed by atoms with Gasteiger partial charge in [-0.15, -0.1) is 0 Å². The molecule has 32 valence electrons. The molecule has 0 saturated carbocycles. The summed E-state index contributed by atoms with van der Waals surface area (Å²) >= 11 is 0. The fourth-order valence-corrected chi connectivity index (χ4v) is 0. The Morgan fingerprint density at radius 1 is 1.33 bits per heavy atom. The van der Waals surface area contributed by atoms with Gasteiger partial charge >= 0.3 is 27.3 Å². The van der Waals surface area contributed by atoms with Crippen molar-refractivity contribution in [2.45, 2.75) is 0 Å². The van der Waals surface area contributed by atoms with Gasteiger partial charge in [0.25, 0.3) is 0 Å². The van der Waals surface area contributed by atoms with Crippen LogP contribution in [0.2, 0.25) is 0 Å². The minimum atomic E-state index is -2.33. The van der Waals surface area contributed by atoms with Crippen molar-refractivity contribution in [3.8, 4) is 0 Å². The standard InChI is InChI=1S/CH2O3.Cd.H3N/c2-1(3)4;;/h(H2,2,3,4);;1H3/q;+2;/p-2. The average Bonchev–Trinajstić information content (AvgIpc) is 0.811. The van der Waals surface area contributed by atoms with Crippen LogP contribution in [-0.4, -0.2) is 6.16 Å². The number of hydrogen-bond acceptors (Lipinski definition) is 4. The zero-order valence-corrected chi connectivity index (χ0v) is 7.18. The molecule has 6 heavy (non-hydrogen) atoms. The van der Waals surface area contributed by atoms with Gasteiger partial charge in [0.15, 0.2) is 0 Å². The average molecular weight is 189 g/mol. The van der Waals surface area contributed by atoms with E-state index in [1.807, 2.05) is 0 Å². The maximum absolute atomic E-state index is 8.33. The molecule has 0 aliphatic heterocycles. The molecule has 0 unspecified atom stereocenters. The predicted octanol–water partition coefficient (Wildman–Crippen LogP) is -2.29. The fraction of sp³-hybridized carbons (Fsp3) is 0. The van der Waals surface area contributed by atoms with Gasteiger partial charge in [0.2, 0.25) is 0 Å². The van der Waals surface area contributed by atoms with Crippen LogP contribution < -0.4 is 16.4 Å². The van der Waals surface area contributed by atoms with Crippen LogP contribution in [-0.2, 0) is 27.3 Å². The van der Waals surface area contributed by atoms with Crippen molar-refractivity contribution < 1.29 is 42.3 Å². The first-order valence-electron chi connectivity index (χ1n) is 0.612. The van der Waals surface area contributed by atoms with Crippen molar-refractivity contribution in [1.82, 2.24) is 6.15 Å². The van der Waals surface area contributed by atoms with E-state index in [1.54, 1.807) is 0 Å². The molecule has 0 aromatic heterocycles. The predicted molar refractivity (Wildman–Crippen MR) is 10.4 cm³/mol. The van der Waals surface area contributed by atoms with Crippen molar-refractivity contribution in [1.29, 1.82) is 0 Å². The Balaban J connectivity index is -0.0000000450. The van der Waals surface area contributed by atoms with Gasteiger partial charge in [-0.1, -0.05) is 0 Å². The minimum Gasteiger partial charge on any atom is -0.652 e. The van der Waals surface area contributed by atoms with Crippen LogP contribution in [0.1, 0.15) is 0 Å². The summed E-state index contributed by atoms with van der Waals surface area (Å²) in [4.78, 5) is 8.33. The molecule has 4 nitrogen and oxygen atoms in total. The summed E-state index contributed by atoms with van der Waals surface area (Å²) in [5, 5.41) is 16.7. The molecule has 0 heterocycles. The molecule has 3 N–H and O–H groups in total. The van der Waals surface area contributed by atoms with Crippen LogP contribution >= 0.6 is 0 Å².